The minimum absolute atomic E-state index is 0.0346. The number of phenols is 4. The summed E-state index contributed by atoms with van der Waals surface area (Å²) in [7, 11) is 0. The third-order valence-electron chi connectivity index (χ3n) is 5.68. The molecule has 0 saturated heterocycles. The number of hydrogen-bond donors (Lipinski definition) is 4. The number of phenolic OH excluding ortho intramolecular Hbond substituents is 4. The van der Waals surface area contributed by atoms with Gasteiger partial charge in [-0.2, -0.15) is 0 Å². The molecule has 0 spiro atoms. The molecule has 0 aromatic heterocycles. The zero-order valence-electron chi connectivity index (χ0n) is 18.9. The minimum Gasteiger partial charge on any atom is -0.504 e. The average Bonchev–Trinajstić information content (AvgIpc) is 2.77. The van der Waals surface area contributed by atoms with Crippen LogP contribution in [0, 0.1) is 13.8 Å². The third-order valence-corrected chi connectivity index (χ3v) is 5.68. The second kappa shape index (κ2) is 10.8. The van der Waals surface area contributed by atoms with Gasteiger partial charge in [0.05, 0.1) is 0 Å². The van der Waals surface area contributed by atoms with Crippen LogP contribution in [0.25, 0.3) is 0 Å². The summed E-state index contributed by atoms with van der Waals surface area (Å²) in [6.45, 7) is 3.94. The second-order valence-electron chi connectivity index (χ2n) is 8.39. The molecule has 6 nitrogen and oxygen atoms in total. The first-order valence-electron chi connectivity index (χ1n) is 11.0. The van der Waals surface area contributed by atoms with E-state index in [2.05, 4.69) is 0 Å². The molecule has 0 saturated carbocycles. The van der Waals surface area contributed by atoms with Crippen LogP contribution in [0.4, 0.5) is 0 Å². The Labute approximate surface area is 193 Å². The lowest BCUT2D eigenvalue weighted by molar-refractivity contribution is -0.120. The van der Waals surface area contributed by atoms with Gasteiger partial charge in [0.2, 0.25) is 0 Å². The van der Waals surface area contributed by atoms with Gasteiger partial charge in [-0.3, -0.25) is 4.79 Å². The highest BCUT2D eigenvalue weighted by Gasteiger charge is 2.18. The molecule has 0 bridgehead atoms. The summed E-state index contributed by atoms with van der Waals surface area (Å²) in [5.41, 5.74) is 3.60. The highest BCUT2D eigenvalue weighted by Crippen LogP contribution is 2.29. The van der Waals surface area contributed by atoms with Gasteiger partial charge in [-0.15, -0.1) is 0 Å². The molecule has 6 heteroatoms. The molecule has 0 fully saturated rings. The third kappa shape index (κ3) is 6.65. The molecule has 0 amide bonds. The van der Waals surface area contributed by atoms with Gasteiger partial charge >= 0.3 is 0 Å². The van der Waals surface area contributed by atoms with Crippen molar-refractivity contribution in [1.82, 2.24) is 0 Å². The first-order chi connectivity index (χ1) is 15.7. The molecule has 1 atom stereocenters. The monoisotopic (exact) mass is 450 g/mol. The fourth-order valence-electron chi connectivity index (χ4n) is 3.77. The summed E-state index contributed by atoms with van der Waals surface area (Å²) in [5, 5.41) is 38.4. The average molecular weight is 451 g/mol. The SMILES string of the molecule is Cc1cccc(C)c1O[C@@H](CCc1ccc(O)c(O)c1)CC(=O)CCc1ccc(O)c(O)c1. The quantitative estimate of drug-likeness (QED) is 0.320. The highest BCUT2D eigenvalue weighted by molar-refractivity contribution is 5.79. The van der Waals surface area contributed by atoms with Crippen molar-refractivity contribution in [1.29, 1.82) is 0 Å². The van der Waals surface area contributed by atoms with E-state index in [1.165, 1.54) is 24.3 Å². The van der Waals surface area contributed by atoms with Crippen LogP contribution in [0.2, 0.25) is 0 Å². The van der Waals surface area contributed by atoms with E-state index in [1.807, 2.05) is 32.0 Å². The van der Waals surface area contributed by atoms with Gasteiger partial charge < -0.3 is 25.2 Å². The van der Waals surface area contributed by atoms with Gasteiger partial charge in [-0.1, -0.05) is 30.3 Å². The molecule has 4 N–H and O–H groups in total. The predicted octanol–water partition coefficient (Wildman–Crippen LogP) is 5.10. The van der Waals surface area contributed by atoms with E-state index in [9.17, 15) is 25.2 Å². The molecule has 3 aromatic rings. The Morgan fingerprint density at radius 3 is 1.88 bits per heavy atom. The topological polar surface area (TPSA) is 107 Å². The standard InChI is InChI=1S/C27H30O6/c1-17-4-3-5-18(2)27(17)33-22(11-7-20-9-13-24(30)26(32)15-20)16-21(28)10-6-19-8-12-23(29)25(31)14-19/h3-5,8-9,12-15,22,29-32H,6-7,10-11,16H2,1-2H3/t22-/m0/s1. The highest BCUT2D eigenvalue weighted by atomic mass is 16.5. The summed E-state index contributed by atoms with van der Waals surface area (Å²) >= 11 is 0. The molecule has 174 valence electrons. The molecule has 0 radical (unpaired) electrons. The van der Waals surface area contributed by atoms with Crippen LogP contribution in [0.15, 0.2) is 54.6 Å². The van der Waals surface area contributed by atoms with E-state index in [-0.39, 0.29) is 47.7 Å². The molecule has 0 unspecified atom stereocenters. The number of hydrogen-bond acceptors (Lipinski definition) is 6. The van der Waals surface area contributed by atoms with Crippen LogP contribution in [0.3, 0.4) is 0 Å². The van der Waals surface area contributed by atoms with Crippen molar-refractivity contribution < 1.29 is 30.0 Å². The molecular formula is C27H30O6. The van der Waals surface area contributed by atoms with Crippen LogP contribution in [-0.2, 0) is 17.6 Å². The summed E-state index contributed by atoms with van der Waals surface area (Å²) in [4.78, 5) is 12.8. The second-order valence-corrected chi connectivity index (χ2v) is 8.39. The molecule has 3 aromatic carbocycles. The lowest BCUT2D eigenvalue weighted by atomic mass is 9.99. The van der Waals surface area contributed by atoms with E-state index in [0.717, 1.165) is 28.0 Å². The number of para-hydroxylation sites is 1. The van der Waals surface area contributed by atoms with Crippen molar-refractivity contribution >= 4 is 5.78 Å². The van der Waals surface area contributed by atoms with Crippen molar-refractivity contribution in [2.75, 3.05) is 0 Å². The lowest BCUT2D eigenvalue weighted by Gasteiger charge is -2.22. The maximum absolute atomic E-state index is 12.8. The molecule has 0 aliphatic heterocycles. The van der Waals surface area contributed by atoms with Gasteiger partial charge in [-0.25, -0.2) is 0 Å². The Morgan fingerprint density at radius 2 is 1.33 bits per heavy atom. The summed E-state index contributed by atoms with van der Waals surface area (Å²) in [6, 6.07) is 15.2. The largest absolute Gasteiger partial charge is 0.504 e. The van der Waals surface area contributed by atoms with E-state index in [1.54, 1.807) is 12.1 Å². The molecule has 0 heterocycles. The summed E-state index contributed by atoms with van der Waals surface area (Å²) < 4.78 is 6.30. The molecule has 0 aliphatic carbocycles. The van der Waals surface area contributed by atoms with Crippen LogP contribution >= 0.6 is 0 Å². The van der Waals surface area contributed by atoms with Crippen molar-refractivity contribution in [3.63, 3.8) is 0 Å². The minimum atomic E-state index is -0.360. The zero-order chi connectivity index (χ0) is 24.0. The van der Waals surface area contributed by atoms with Gasteiger partial charge in [0, 0.05) is 12.8 Å². The molecule has 33 heavy (non-hydrogen) atoms. The molecule has 3 rings (SSSR count). The number of aryl methyl sites for hydroxylation is 4. The van der Waals surface area contributed by atoms with Crippen molar-refractivity contribution in [3.8, 4) is 28.7 Å². The Hall–Kier alpha value is -3.67. The summed E-state index contributed by atoms with van der Waals surface area (Å²) in [6.07, 6.45) is 1.74. The number of carbonyl (C=O) groups excluding carboxylic acids is 1. The zero-order valence-corrected chi connectivity index (χ0v) is 18.9. The first kappa shape index (κ1) is 24.0. The normalized spacial score (nSPS) is 11.8. The van der Waals surface area contributed by atoms with Crippen LogP contribution < -0.4 is 4.74 Å². The maximum atomic E-state index is 12.8. The molecule has 0 aliphatic rings. The Balaban J connectivity index is 1.68. The number of ketones is 1. The van der Waals surface area contributed by atoms with Gasteiger partial charge in [0.15, 0.2) is 23.0 Å². The number of benzene rings is 3. The van der Waals surface area contributed by atoms with E-state index >= 15 is 0 Å². The Morgan fingerprint density at radius 1 is 0.788 bits per heavy atom. The van der Waals surface area contributed by atoms with Gasteiger partial charge in [0.1, 0.15) is 17.6 Å². The summed E-state index contributed by atoms with van der Waals surface area (Å²) in [5.74, 6) is 0.0749. The van der Waals surface area contributed by atoms with Gasteiger partial charge in [-0.05, 0) is 79.6 Å². The fraction of sp³-hybridized carbons (Fsp3) is 0.296. The van der Waals surface area contributed by atoms with E-state index in [4.69, 9.17) is 4.74 Å². The van der Waals surface area contributed by atoms with Crippen LogP contribution in [-0.4, -0.2) is 32.3 Å². The Kier molecular flexibility index (Phi) is 7.83. The van der Waals surface area contributed by atoms with E-state index < -0.39 is 0 Å². The number of rotatable bonds is 10. The number of aromatic hydroxyl groups is 4. The predicted molar refractivity (Wildman–Crippen MR) is 126 cm³/mol. The smallest absolute Gasteiger partial charge is 0.157 e. The Bertz CT molecular complexity index is 1100. The van der Waals surface area contributed by atoms with E-state index in [0.29, 0.717) is 19.3 Å². The van der Waals surface area contributed by atoms with Crippen LogP contribution in [0.1, 0.15) is 41.5 Å². The number of carbonyl (C=O) groups is 1. The van der Waals surface area contributed by atoms with Crippen molar-refractivity contribution in [3.05, 3.63) is 76.9 Å². The fourth-order valence-corrected chi connectivity index (χ4v) is 3.77. The molecular weight excluding hydrogens is 420 g/mol. The van der Waals surface area contributed by atoms with Crippen LogP contribution in [0.5, 0.6) is 28.7 Å². The lowest BCUT2D eigenvalue weighted by Crippen LogP contribution is -2.23. The first-order valence-corrected chi connectivity index (χ1v) is 11.0. The number of ether oxygens (including phenoxy) is 1. The van der Waals surface area contributed by atoms with Crippen molar-refractivity contribution in [2.24, 2.45) is 0 Å². The van der Waals surface area contributed by atoms with Gasteiger partial charge in [0.25, 0.3) is 0 Å². The van der Waals surface area contributed by atoms with Crippen molar-refractivity contribution in [2.45, 2.75) is 52.1 Å². The number of Topliss-reactive ketones (excluding diaryl/α,β-unsaturated/α-hetero) is 1. The maximum Gasteiger partial charge on any atom is 0.157 e.